The van der Waals surface area contributed by atoms with Crippen molar-refractivity contribution < 1.29 is 18.3 Å². The van der Waals surface area contributed by atoms with Gasteiger partial charge in [0, 0.05) is 58.4 Å². The molecule has 0 saturated carbocycles. The van der Waals surface area contributed by atoms with Crippen LogP contribution < -0.4 is 15.5 Å². The number of anilines is 2. The summed E-state index contributed by atoms with van der Waals surface area (Å²) in [6.07, 6.45) is -0.00946. The quantitative estimate of drug-likeness (QED) is 0.772. The molecule has 0 bridgehead atoms. The highest BCUT2D eigenvalue weighted by atomic mass is 19.1. The molecule has 9 heteroatoms. The molecule has 0 spiro atoms. The summed E-state index contributed by atoms with van der Waals surface area (Å²) in [4.78, 5) is 14.8. The van der Waals surface area contributed by atoms with Gasteiger partial charge in [-0.2, -0.15) is 0 Å². The average molecular weight is 383 g/mol. The summed E-state index contributed by atoms with van der Waals surface area (Å²) in [6.45, 7) is 5.86. The standard InChI is InChI=1S/C18H27F2N5O2/c1-3-23(7-8-24-6-4-5-22(24)2)17-15(19)9-13(10-16(17)20)25-12-14(11-21)27-18(25)26/h9-10,14H,3-8,11-12,21H2,1-2H3/t14-/m0/s1. The number of nitrogens with two attached hydrogens (primary N) is 1. The molecule has 2 N–H and O–H groups in total. The Morgan fingerprint density at radius 3 is 2.52 bits per heavy atom. The number of hydrazine groups is 1. The number of halogens is 2. The number of hydrogen-bond acceptors (Lipinski definition) is 6. The molecule has 7 nitrogen and oxygen atoms in total. The first-order valence-electron chi connectivity index (χ1n) is 9.32. The largest absolute Gasteiger partial charge is 0.443 e. The molecule has 0 aliphatic carbocycles. The Hall–Kier alpha value is -1.97. The summed E-state index contributed by atoms with van der Waals surface area (Å²) in [5.74, 6) is -1.38. The minimum absolute atomic E-state index is 0.0639. The molecule has 27 heavy (non-hydrogen) atoms. The Kier molecular flexibility index (Phi) is 6.13. The van der Waals surface area contributed by atoms with E-state index in [2.05, 4.69) is 10.0 Å². The van der Waals surface area contributed by atoms with Gasteiger partial charge in [-0.05, 0) is 13.3 Å². The topological polar surface area (TPSA) is 65.3 Å². The van der Waals surface area contributed by atoms with Gasteiger partial charge in [-0.3, -0.25) is 4.90 Å². The van der Waals surface area contributed by atoms with Crippen LogP contribution in [0.15, 0.2) is 12.1 Å². The third-order valence-electron chi connectivity index (χ3n) is 5.16. The van der Waals surface area contributed by atoms with Gasteiger partial charge < -0.3 is 15.4 Å². The molecule has 1 atom stereocenters. The van der Waals surface area contributed by atoms with Gasteiger partial charge in [0.1, 0.15) is 11.8 Å². The summed E-state index contributed by atoms with van der Waals surface area (Å²) in [5.41, 5.74) is 5.59. The molecule has 150 valence electrons. The van der Waals surface area contributed by atoms with Crippen LogP contribution >= 0.6 is 0 Å². The number of benzene rings is 1. The van der Waals surface area contributed by atoms with Crippen molar-refractivity contribution in [2.75, 3.05) is 62.7 Å². The van der Waals surface area contributed by atoms with Crippen molar-refractivity contribution in [2.24, 2.45) is 5.73 Å². The summed E-state index contributed by atoms with van der Waals surface area (Å²) < 4.78 is 34.6. The van der Waals surface area contributed by atoms with E-state index in [0.29, 0.717) is 19.6 Å². The van der Waals surface area contributed by atoms with Crippen molar-refractivity contribution in [2.45, 2.75) is 19.4 Å². The molecule has 1 aromatic rings. The molecule has 2 aliphatic rings. The van der Waals surface area contributed by atoms with Crippen LogP contribution in [0, 0.1) is 11.6 Å². The van der Waals surface area contributed by atoms with Gasteiger partial charge in [0.25, 0.3) is 0 Å². The van der Waals surface area contributed by atoms with Crippen LogP contribution in [0.25, 0.3) is 0 Å². The molecule has 2 fully saturated rings. The number of ether oxygens (including phenoxy) is 1. The zero-order valence-corrected chi connectivity index (χ0v) is 15.8. The molecule has 0 aromatic heterocycles. The molecule has 0 radical (unpaired) electrons. The van der Waals surface area contributed by atoms with Gasteiger partial charge in [-0.1, -0.05) is 0 Å². The van der Waals surface area contributed by atoms with Crippen molar-refractivity contribution >= 4 is 17.5 Å². The van der Waals surface area contributed by atoms with E-state index in [9.17, 15) is 13.6 Å². The van der Waals surface area contributed by atoms with Crippen molar-refractivity contribution in [1.82, 2.24) is 10.0 Å². The maximum absolute atomic E-state index is 14.8. The second-order valence-electron chi connectivity index (χ2n) is 6.88. The number of hydrogen-bond donors (Lipinski definition) is 1. The average Bonchev–Trinajstić information content (AvgIpc) is 3.22. The zero-order valence-electron chi connectivity index (χ0n) is 15.8. The Labute approximate surface area is 158 Å². The maximum Gasteiger partial charge on any atom is 0.414 e. The van der Waals surface area contributed by atoms with E-state index in [1.807, 2.05) is 14.0 Å². The summed E-state index contributed by atoms with van der Waals surface area (Å²) in [5, 5.41) is 4.32. The van der Waals surface area contributed by atoms with E-state index in [1.54, 1.807) is 4.90 Å². The predicted octanol–water partition coefficient (Wildman–Crippen LogP) is 1.63. The molecular formula is C18H27F2N5O2. The fraction of sp³-hybridized carbons (Fsp3) is 0.611. The van der Waals surface area contributed by atoms with E-state index in [4.69, 9.17) is 10.5 Å². The fourth-order valence-corrected chi connectivity index (χ4v) is 3.61. The first-order valence-corrected chi connectivity index (χ1v) is 9.32. The van der Waals surface area contributed by atoms with Crippen LogP contribution in [0.3, 0.4) is 0 Å². The van der Waals surface area contributed by atoms with Crippen LogP contribution in [0.2, 0.25) is 0 Å². The second kappa shape index (κ2) is 8.37. The van der Waals surface area contributed by atoms with Gasteiger partial charge in [0.05, 0.1) is 12.2 Å². The normalized spacial score (nSPS) is 21.1. The van der Waals surface area contributed by atoms with Crippen LogP contribution in [0.1, 0.15) is 13.3 Å². The summed E-state index contributed by atoms with van der Waals surface area (Å²) >= 11 is 0. The molecule has 2 aliphatic heterocycles. The minimum Gasteiger partial charge on any atom is -0.443 e. The lowest BCUT2D eigenvalue weighted by molar-refractivity contribution is 0.0594. The van der Waals surface area contributed by atoms with Crippen molar-refractivity contribution in [1.29, 1.82) is 0 Å². The smallest absolute Gasteiger partial charge is 0.414 e. The highest BCUT2D eigenvalue weighted by Crippen LogP contribution is 2.31. The maximum atomic E-state index is 14.8. The molecule has 3 rings (SSSR count). The zero-order chi connectivity index (χ0) is 19.6. The van der Waals surface area contributed by atoms with E-state index < -0.39 is 23.8 Å². The fourth-order valence-electron chi connectivity index (χ4n) is 3.61. The van der Waals surface area contributed by atoms with E-state index in [-0.39, 0.29) is 24.5 Å². The second-order valence-corrected chi connectivity index (χ2v) is 6.88. The van der Waals surface area contributed by atoms with Gasteiger partial charge in [0.2, 0.25) is 0 Å². The number of amides is 1. The van der Waals surface area contributed by atoms with Crippen molar-refractivity contribution in [3.63, 3.8) is 0 Å². The molecule has 0 unspecified atom stereocenters. The highest BCUT2D eigenvalue weighted by Gasteiger charge is 2.33. The summed E-state index contributed by atoms with van der Waals surface area (Å²) in [6, 6.07) is 2.37. The Morgan fingerprint density at radius 1 is 1.30 bits per heavy atom. The first-order chi connectivity index (χ1) is 12.9. The molecule has 2 heterocycles. The lowest BCUT2D eigenvalue weighted by Crippen LogP contribution is -2.40. The Balaban J connectivity index is 1.76. The predicted molar refractivity (Wildman–Crippen MR) is 99.7 cm³/mol. The lowest BCUT2D eigenvalue weighted by atomic mass is 10.2. The van der Waals surface area contributed by atoms with Gasteiger partial charge >= 0.3 is 6.09 Å². The Morgan fingerprint density at radius 2 is 2.00 bits per heavy atom. The molecular weight excluding hydrogens is 356 g/mol. The molecule has 1 aromatic carbocycles. The molecule has 1 amide bonds. The van der Waals surface area contributed by atoms with Crippen LogP contribution in [-0.4, -0.2) is 75.1 Å². The highest BCUT2D eigenvalue weighted by molar-refractivity contribution is 5.90. The number of carbonyl (C=O) groups is 1. The third-order valence-corrected chi connectivity index (χ3v) is 5.16. The van der Waals surface area contributed by atoms with Gasteiger partial charge in [-0.25, -0.2) is 23.6 Å². The SMILES string of the molecule is CCN(CCN1CCCN1C)c1c(F)cc(N2C[C@H](CN)OC2=O)cc1F. The summed E-state index contributed by atoms with van der Waals surface area (Å²) in [7, 11) is 2.02. The Bertz CT molecular complexity index is 667. The van der Waals surface area contributed by atoms with E-state index >= 15 is 0 Å². The van der Waals surface area contributed by atoms with Crippen molar-refractivity contribution in [3.8, 4) is 0 Å². The number of nitrogens with zero attached hydrogens (tertiary/aromatic N) is 4. The van der Waals surface area contributed by atoms with Gasteiger partial charge in [0.15, 0.2) is 11.6 Å². The van der Waals surface area contributed by atoms with Gasteiger partial charge in [-0.15, -0.1) is 0 Å². The molecule has 2 saturated heterocycles. The van der Waals surface area contributed by atoms with Crippen LogP contribution in [-0.2, 0) is 4.74 Å². The monoisotopic (exact) mass is 383 g/mol. The lowest BCUT2D eigenvalue weighted by Gasteiger charge is -2.30. The number of carbonyl (C=O) groups excluding carboxylic acids is 1. The van der Waals surface area contributed by atoms with Crippen LogP contribution in [0.5, 0.6) is 0 Å². The van der Waals surface area contributed by atoms with E-state index in [0.717, 1.165) is 19.5 Å². The van der Waals surface area contributed by atoms with Crippen molar-refractivity contribution in [3.05, 3.63) is 23.8 Å². The number of cyclic esters (lactones) is 1. The number of likely N-dealkylation sites (N-methyl/N-ethyl adjacent to an activating group) is 1. The van der Waals surface area contributed by atoms with Crippen LogP contribution in [0.4, 0.5) is 25.0 Å². The first kappa shape index (κ1) is 19.8. The number of rotatable bonds is 7. The van der Waals surface area contributed by atoms with E-state index in [1.165, 1.54) is 17.0 Å². The minimum atomic E-state index is -0.689. The third kappa shape index (κ3) is 4.15.